The van der Waals surface area contributed by atoms with Gasteiger partial charge in [-0.1, -0.05) is 0 Å². The normalized spacial score (nSPS) is 12.0. The lowest BCUT2D eigenvalue weighted by Gasteiger charge is -2.19. The van der Waals surface area contributed by atoms with Gasteiger partial charge in [-0.05, 0) is 38.5 Å². The van der Waals surface area contributed by atoms with Crippen LogP contribution in [-0.4, -0.2) is 31.9 Å². The third-order valence-electron chi connectivity index (χ3n) is 2.23. The topological polar surface area (TPSA) is 62.5 Å². The van der Waals surface area contributed by atoms with Gasteiger partial charge in [0.2, 0.25) is 0 Å². The summed E-state index contributed by atoms with van der Waals surface area (Å²) in [4.78, 5) is 4.13. The molecule has 0 aromatic carbocycles. The van der Waals surface area contributed by atoms with Crippen molar-refractivity contribution < 1.29 is 5.11 Å². The van der Waals surface area contributed by atoms with E-state index in [0.29, 0.717) is 6.54 Å². The molecule has 2 aromatic rings. The van der Waals surface area contributed by atoms with Gasteiger partial charge in [-0.15, -0.1) is 0 Å². The zero-order valence-corrected chi connectivity index (χ0v) is 9.73. The Labute approximate surface area is 94.1 Å². The van der Waals surface area contributed by atoms with Crippen LogP contribution in [0.4, 0.5) is 5.82 Å². The summed E-state index contributed by atoms with van der Waals surface area (Å²) >= 11 is 0. The summed E-state index contributed by atoms with van der Waals surface area (Å²) in [5.74, 6) is 0.842. The van der Waals surface area contributed by atoms with Gasteiger partial charge in [0.1, 0.15) is 12.1 Å². The lowest BCUT2D eigenvalue weighted by atomic mass is 10.1. The highest BCUT2D eigenvalue weighted by molar-refractivity contribution is 5.51. The van der Waals surface area contributed by atoms with Crippen molar-refractivity contribution in [2.45, 2.75) is 26.4 Å². The first-order valence-electron chi connectivity index (χ1n) is 5.22. The van der Waals surface area contributed by atoms with Gasteiger partial charge in [0.05, 0.1) is 5.60 Å². The second-order valence-corrected chi connectivity index (χ2v) is 4.61. The molecule has 0 amide bonds. The monoisotopic (exact) mass is 220 g/mol. The van der Waals surface area contributed by atoms with Gasteiger partial charge >= 0.3 is 0 Å². The summed E-state index contributed by atoms with van der Waals surface area (Å²) in [5.41, 5.74) is 1.16. The summed E-state index contributed by atoms with van der Waals surface area (Å²) in [7, 11) is 0. The van der Waals surface area contributed by atoms with Crippen LogP contribution in [0, 0.1) is 6.92 Å². The molecule has 2 N–H and O–H groups in total. The zero-order chi connectivity index (χ0) is 11.8. The molecule has 2 aromatic heterocycles. The van der Waals surface area contributed by atoms with Crippen molar-refractivity contribution in [1.82, 2.24) is 14.6 Å². The van der Waals surface area contributed by atoms with Gasteiger partial charge < -0.3 is 10.4 Å². The molecule has 5 heteroatoms. The fourth-order valence-corrected chi connectivity index (χ4v) is 1.49. The summed E-state index contributed by atoms with van der Waals surface area (Å²) in [6, 6.07) is 3.94. The molecular weight excluding hydrogens is 204 g/mol. The Morgan fingerprint density at radius 2 is 2.19 bits per heavy atom. The third-order valence-corrected chi connectivity index (χ3v) is 2.23. The molecule has 0 atom stereocenters. The molecule has 0 saturated carbocycles. The maximum atomic E-state index is 9.66. The van der Waals surface area contributed by atoms with E-state index in [1.807, 2.05) is 19.1 Å². The van der Waals surface area contributed by atoms with Crippen LogP contribution in [0.25, 0.3) is 5.65 Å². The first-order valence-corrected chi connectivity index (χ1v) is 5.22. The van der Waals surface area contributed by atoms with E-state index in [2.05, 4.69) is 15.4 Å². The van der Waals surface area contributed by atoms with Crippen molar-refractivity contribution in [3.05, 3.63) is 24.0 Å². The molecule has 0 fully saturated rings. The SMILES string of the molecule is Cc1cc(NCC(C)(C)O)n2ncnc2c1. The molecule has 0 aliphatic heterocycles. The van der Waals surface area contributed by atoms with Gasteiger partial charge in [0.15, 0.2) is 5.65 Å². The van der Waals surface area contributed by atoms with E-state index in [4.69, 9.17) is 0 Å². The number of hydrogen-bond donors (Lipinski definition) is 2. The average molecular weight is 220 g/mol. The third kappa shape index (κ3) is 2.30. The van der Waals surface area contributed by atoms with E-state index in [9.17, 15) is 5.11 Å². The van der Waals surface area contributed by atoms with Gasteiger partial charge in [-0.2, -0.15) is 9.61 Å². The highest BCUT2D eigenvalue weighted by Crippen LogP contribution is 2.14. The van der Waals surface area contributed by atoms with E-state index < -0.39 is 5.60 Å². The van der Waals surface area contributed by atoms with Crippen molar-refractivity contribution >= 4 is 11.5 Å². The average Bonchev–Trinajstić information content (AvgIpc) is 2.60. The molecule has 0 unspecified atom stereocenters. The van der Waals surface area contributed by atoms with Crippen LogP contribution < -0.4 is 5.32 Å². The Balaban J connectivity index is 2.32. The summed E-state index contributed by atoms with van der Waals surface area (Å²) < 4.78 is 1.72. The summed E-state index contributed by atoms with van der Waals surface area (Å²) in [5, 5.41) is 17.0. The Morgan fingerprint density at radius 1 is 1.44 bits per heavy atom. The Bertz CT molecular complexity index is 498. The molecule has 0 saturated heterocycles. The van der Waals surface area contributed by atoms with Gasteiger partial charge in [0, 0.05) is 6.54 Å². The maximum absolute atomic E-state index is 9.66. The minimum Gasteiger partial charge on any atom is -0.389 e. The van der Waals surface area contributed by atoms with Gasteiger partial charge in [0.25, 0.3) is 0 Å². The molecule has 0 radical (unpaired) electrons. The Kier molecular flexibility index (Phi) is 2.55. The number of nitrogens with zero attached hydrogens (tertiary/aromatic N) is 3. The molecule has 86 valence electrons. The van der Waals surface area contributed by atoms with Crippen LogP contribution in [0.3, 0.4) is 0 Å². The Hall–Kier alpha value is -1.62. The lowest BCUT2D eigenvalue weighted by Crippen LogP contribution is -2.30. The van der Waals surface area contributed by atoms with E-state index >= 15 is 0 Å². The molecule has 0 aliphatic carbocycles. The van der Waals surface area contributed by atoms with Crippen LogP contribution in [0.15, 0.2) is 18.5 Å². The molecule has 5 nitrogen and oxygen atoms in total. The minimum atomic E-state index is -0.753. The molecular formula is C11H16N4O. The molecule has 2 heterocycles. The molecule has 16 heavy (non-hydrogen) atoms. The second kappa shape index (κ2) is 3.75. The van der Waals surface area contributed by atoms with E-state index in [-0.39, 0.29) is 0 Å². The summed E-state index contributed by atoms with van der Waals surface area (Å²) in [6.07, 6.45) is 1.52. The lowest BCUT2D eigenvalue weighted by molar-refractivity contribution is 0.0944. The number of pyridine rings is 1. The number of anilines is 1. The number of hydrogen-bond acceptors (Lipinski definition) is 4. The quantitative estimate of drug-likeness (QED) is 0.816. The highest BCUT2D eigenvalue weighted by Gasteiger charge is 2.13. The molecule has 0 bridgehead atoms. The van der Waals surface area contributed by atoms with Crippen molar-refractivity contribution in [1.29, 1.82) is 0 Å². The van der Waals surface area contributed by atoms with E-state index in [1.165, 1.54) is 6.33 Å². The maximum Gasteiger partial charge on any atom is 0.157 e. The zero-order valence-electron chi connectivity index (χ0n) is 9.73. The highest BCUT2D eigenvalue weighted by atomic mass is 16.3. The van der Waals surface area contributed by atoms with Crippen LogP contribution in [0.2, 0.25) is 0 Å². The molecule has 0 spiro atoms. The Morgan fingerprint density at radius 3 is 2.88 bits per heavy atom. The number of nitrogens with one attached hydrogen (secondary N) is 1. The number of rotatable bonds is 3. The predicted octanol–water partition coefficient (Wildman–Crippen LogP) is 1.22. The van der Waals surface area contributed by atoms with Crippen molar-refractivity contribution in [2.75, 3.05) is 11.9 Å². The van der Waals surface area contributed by atoms with Crippen molar-refractivity contribution in [2.24, 2.45) is 0 Å². The minimum absolute atomic E-state index is 0.464. The fraction of sp³-hybridized carbons (Fsp3) is 0.455. The van der Waals surface area contributed by atoms with Gasteiger partial charge in [-0.25, -0.2) is 4.98 Å². The number of aromatic nitrogens is 3. The first-order chi connectivity index (χ1) is 7.46. The first kappa shape index (κ1) is 10.9. The standard InChI is InChI=1S/C11H16N4O/c1-8-4-9(12-6-11(2,3)16)15-10(5-8)13-7-14-15/h4-5,7,12,16H,6H2,1-3H3. The number of fused-ring (bicyclic) bond motifs is 1. The number of aliphatic hydroxyl groups is 1. The number of aryl methyl sites for hydroxylation is 1. The smallest absolute Gasteiger partial charge is 0.157 e. The second-order valence-electron chi connectivity index (χ2n) is 4.61. The van der Waals surface area contributed by atoms with Crippen LogP contribution >= 0.6 is 0 Å². The van der Waals surface area contributed by atoms with Crippen LogP contribution in [-0.2, 0) is 0 Å². The molecule has 0 aliphatic rings. The fourth-order valence-electron chi connectivity index (χ4n) is 1.49. The van der Waals surface area contributed by atoms with Crippen molar-refractivity contribution in [3.63, 3.8) is 0 Å². The predicted molar refractivity (Wildman–Crippen MR) is 62.5 cm³/mol. The van der Waals surface area contributed by atoms with E-state index in [0.717, 1.165) is 17.0 Å². The summed E-state index contributed by atoms with van der Waals surface area (Å²) in [6.45, 7) is 5.98. The largest absolute Gasteiger partial charge is 0.389 e. The van der Waals surface area contributed by atoms with Gasteiger partial charge in [-0.3, -0.25) is 0 Å². The van der Waals surface area contributed by atoms with Crippen LogP contribution in [0.5, 0.6) is 0 Å². The van der Waals surface area contributed by atoms with E-state index in [1.54, 1.807) is 18.4 Å². The van der Waals surface area contributed by atoms with Crippen molar-refractivity contribution in [3.8, 4) is 0 Å². The molecule has 2 rings (SSSR count). The van der Waals surface area contributed by atoms with Crippen LogP contribution in [0.1, 0.15) is 19.4 Å².